The fourth-order valence-electron chi connectivity index (χ4n) is 2.59. The number of rotatable bonds is 6. The zero-order valence-corrected chi connectivity index (χ0v) is 16.2. The van der Waals surface area contributed by atoms with Crippen LogP contribution in [0.2, 0.25) is 0 Å². The van der Waals surface area contributed by atoms with Gasteiger partial charge in [0.05, 0.1) is 12.2 Å². The predicted molar refractivity (Wildman–Crippen MR) is 104 cm³/mol. The first-order valence-corrected chi connectivity index (χ1v) is 8.81. The van der Waals surface area contributed by atoms with E-state index in [9.17, 15) is 4.79 Å². The molecule has 1 amide bonds. The molecule has 1 N–H and O–H groups in total. The number of nitrogens with one attached hydrogen (secondary N) is 1. The first-order valence-electron chi connectivity index (χ1n) is 8.81. The van der Waals surface area contributed by atoms with E-state index in [4.69, 9.17) is 0 Å². The third-order valence-corrected chi connectivity index (χ3v) is 4.64. The summed E-state index contributed by atoms with van der Waals surface area (Å²) in [5.74, 6) is -0.0723. The standard InChI is InChI=1S/C21H29N3O/c1-7-21(5,6)22-20(25)13-12-19-16(3)23-24(17(19)4)14-18-10-8-15(2)9-11-18/h8-13H,7,14H2,1-6H3,(H,22,25)/b13-12+. The van der Waals surface area contributed by atoms with Crippen LogP contribution in [0.25, 0.3) is 6.08 Å². The minimum absolute atomic E-state index is 0.0723. The molecule has 0 spiro atoms. The van der Waals surface area contributed by atoms with Crippen molar-refractivity contribution in [1.82, 2.24) is 15.1 Å². The molecule has 0 unspecified atom stereocenters. The summed E-state index contributed by atoms with van der Waals surface area (Å²) in [7, 11) is 0. The normalized spacial score (nSPS) is 11.9. The summed E-state index contributed by atoms with van der Waals surface area (Å²) in [5.41, 5.74) is 5.29. The molecule has 0 fully saturated rings. The van der Waals surface area contributed by atoms with Crippen LogP contribution in [0.3, 0.4) is 0 Å². The molecule has 0 aliphatic rings. The van der Waals surface area contributed by atoms with Gasteiger partial charge in [-0.2, -0.15) is 5.10 Å². The Morgan fingerprint density at radius 1 is 1.20 bits per heavy atom. The van der Waals surface area contributed by atoms with E-state index >= 15 is 0 Å². The fraction of sp³-hybridized carbons (Fsp3) is 0.429. The van der Waals surface area contributed by atoms with Crippen molar-refractivity contribution in [3.63, 3.8) is 0 Å². The Balaban J connectivity index is 2.14. The monoisotopic (exact) mass is 339 g/mol. The average molecular weight is 339 g/mol. The number of benzene rings is 1. The second-order valence-electron chi connectivity index (χ2n) is 7.29. The number of amides is 1. The Hall–Kier alpha value is -2.36. The maximum absolute atomic E-state index is 12.1. The van der Waals surface area contributed by atoms with Crippen molar-refractivity contribution in [1.29, 1.82) is 0 Å². The van der Waals surface area contributed by atoms with E-state index in [-0.39, 0.29) is 11.4 Å². The minimum Gasteiger partial charge on any atom is -0.348 e. The molecule has 25 heavy (non-hydrogen) atoms. The van der Waals surface area contributed by atoms with Crippen molar-refractivity contribution in [2.75, 3.05) is 0 Å². The molecular formula is C21H29N3O. The van der Waals surface area contributed by atoms with Gasteiger partial charge < -0.3 is 5.32 Å². The van der Waals surface area contributed by atoms with E-state index in [0.29, 0.717) is 0 Å². The van der Waals surface area contributed by atoms with Gasteiger partial charge in [-0.25, -0.2) is 0 Å². The number of aromatic nitrogens is 2. The molecule has 0 saturated carbocycles. The number of carbonyl (C=O) groups is 1. The Bertz CT molecular complexity index is 767. The highest BCUT2D eigenvalue weighted by Gasteiger charge is 2.16. The lowest BCUT2D eigenvalue weighted by molar-refractivity contribution is -0.117. The largest absolute Gasteiger partial charge is 0.348 e. The minimum atomic E-state index is -0.193. The van der Waals surface area contributed by atoms with Crippen molar-refractivity contribution in [2.45, 2.75) is 60.0 Å². The Kier molecular flexibility index (Phi) is 5.83. The molecule has 1 heterocycles. The molecule has 0 aliphatic heterocycles. The molecule has 0 atom stereocenters. The van der Waals surface area contributed by atoms with E-state index in [1.54, 1.807) is 6.08 Å². The third kappa shape index (κ3) is 5.05. The van der Waals surface area contributed by atoms with Gasteiger partial charge in [0.2, 0.25) is 5.91 Å². The summed E-state index contributed by atoms with van der Waals surface area (Å²) in [5, 5.41) is 7.64. The van der Waals surface area contributed by atoms with E-state index in [0.717, 1.165) is 29.9 Å². The number of aryl methyl sites for hydroxylation is 2. The van der Waals surface area contributed by atoms with Crippen LogP contribution in [-0.2, 0) is 11.3 Å². The number of nitrogens with zero attached hydrogens (tertiary/aromatic N) is 2. The van der Waals surface area contributed by atoms with E-state index in [1.165, 1.54) is 11.1 Å². The summed E-state index contributed by atoms with van der Waals surface area (Å²) in [6.45, 7) is 12.9. The van der Waals surface area contributed by atoms with Gasteiger partial charge in [0, 0.05) is 22.9 Å². The quantitative estimate of drug-likeness (QED) is 0.803. The van der Waals surface area contributed by atoms with Crippen molar-refractivity contribution in [3.05, 3.63) is 58.4 Å². The summed E-state index contributed by atoms with van der Waals surface area (Å²) in [4.78, 5) is 12.1. The van der Waals surface area contributed by atoms with Crippen LogP contribution >= 0.6 is 0 Å². The molecule has 0 bridgehead atoms. The topological polar surface area (TPSA) is 46.9 Å². The lowest BCUT2D eigenvalue weighted by Crippen LogP contribution is -2.41. The molecule has 0 radical (unpaired) electrons. The highest BCUT2D eigenvalue weighted by Crippen LogP contribution is 2.17. The van der Waals surface area contributed by atoms with Crippen LogP contribution in [0.15, 0.2) is 30.3 Å². The fourth-order valence-corrected chi connectivity index (χ4v) is 2.59. The molecule has 1 aromatic heterocycles. The van der Waals surface area contributed by atoms with Crippen LogP contribution in [0.4, 0.5) is 0 Å². The summed E-state index contributed by atoms with van der Waals surface area (Å²) in [6.07, 6.45) is 4.36. The highest BCUT2D eigenvalue weighted by atomic mass is 16.1. The van der Waals surface area contributed by atoms with Gasteiger partial charge in [0.1, 0.15) is 0 Å². The first kappa shape index (κ1) is 19.0. The van der Waals surface area contributed by atoms with Gasteiger partial charge in [-0.1, -0.05) is 36.8 Å². The Morgan fingerprint density at radius 2 is 1.84 bits per heavy atom. The van der Waals surface area contributed by atoms with E-state index in [2.05, 4.69) is 48.5 Å². The van der Waals surface area contributed by atoms with Gasteiger partial charge in [-0.05, 0) is 52.7 Å². The second-order valence-corrected chi connectivity index (χ2v) is 7.29. The third-order valence-electron chi connectivity index (χ3n) is 4.64. The van der Waals surface area contributed by atoms with Crippen LogP contribution in [-0.4, -0.2) is 21.2 Å². The Labute approximate surface area is 150 Å². The molecule has 1 aromatic carbocycles. The highest BCUT2D eigenvalue weighted by molar-refractivity contribution is 5.92. The zero-order valence-electron chi connectivity index (χ0n) is 16.2. The maximum atomic E-state index is 12.1. The predicted octanol–water partition coefficient (Wildman–Crippen LogP) is 4.17. The lowest BCUT2D eigenvalue weighted by atomic mass is 10.0. The van der Waals surface area contributed by atoms with Crippen LogP contribution in [0.5, 0.6) is 0 Å². The van der Waals surface area contributed by atoms with E-state index in [1.807, 2.05) is 38.5 Å². The van der Waals surface area contributed by atoms with Gasteiger partial charge in [0.15, 0.2) is 0 Å². The van der Waals surface area contributed by atoms with Crippen LogP contribution in [0.1, 0.15) is 55.3 Å². The SMILES string of the molecule is CCC(C)(C)NC(=O)/C=C/c1c(C)nn(Cc2ccc(C)cc2)c1C. The molecule has 4 nitrogen and oxygen atoms in total. The molecule has 4 heteroatoms. The molecule has 0 aliphatic carbocycles. The number of hydrogen-bond donors (Lipinski definition) is 1. The number of carbonyl (C=O) groups excluding carboxylic acids is 1. The average Bonchev–Trinajstić information content (AvgIpc) is 2.81. The summed E-state index contributed by atoms with van der Waals surface area (Å²) in [6, 6.07) is 8.48. The zero-order chi connectivity index (χ0) is 18.6. The molecule has 2 rings (SSSR count). The first-order chi connectivity index (χ1) is 11.7. The van der Waals surface area contributed by atoms with Crippen molar-refractivity contribution in [3.8, 4) is 0 Å². The van der Waals surface area contributed by atoms with Crippen LogP contribution < -0.4 is 5.32 Å². The molecule has 2 aromatic rings. The van der Waals surface area contributed by atoms with E-state index < -0.39 is 0 Å². The smallest absolute Gasteiger partial charge is 0.244 e. The van der Waals surface area contributed by atoms with Crippen molar-refractivity contribution in [2.24, 2.45) is 0 Å². The number of hydrogen-bond acceptors (Lipinski definition) is 2. The summed E-state index contributed by atoms with van der Waals surface area (Å²) < 4.78 is 1.99. The molecular weight excluding hydrogens is 310 g/mol. The molecule has 0 saturated heterocycles. The van der Waals surface area contributed by atoms with Crippen molar-refractivity contribution < 1.29 is 4.79 Å². The maximum Gasteiger partial charge on any atom is 0.244 e. The van der Waals surface area contributed by atoms with Gasteiger partial charge in [-0.3, -0.25) is 9.48 Å². The second kappa shape index (κ2) is 7.68. The Morgan fingerprint density at radius 3 is 2.44 bits per heavy atom. The molecule has 134 valence electrons. The summed E-state index contributed by atoms with van der Waals surface area (Å²) >= 11 is 0. The van der Waals surface area contributed by atoms with Crippen molar-refractivity contribution >= 4 is 12.0 Å². The lowest BCUT2D eigenvalue weighted by Gasteiger charge is -2.23. The van der Waals surface area contributed by atoms with Gasteiger partial charge >= 0.3 is 0 Å². The van der Waals surface area contributed by atoms with Crippen LogP contribution in [0, 0.1) is 20.8 Å². The van der Waals surface area contributed by atoms with Gasteiger partial charge in [-0.15, -0.1) is 0 Å². The van der Waals surface area contributed by atoms with Gasteiger partial charge in [0.25, 0.3) is 0 Å².